The van der Waals surface area contributed by atoms with Crippen LogP contribution in [0.3, 0.4) is 0 Å². The molecule has 3 aromatic rings. The number of nitrogens with two attached hydrogens (primary N) is 1. The molecule has 0 bridgehead atoms. The number of ether oxygens (including phenoxy) is 1. The van der Waals surface area contributed by atoms with E-state index < -0.39 is 11.6 Å². The average Bonchev–Trinajstić information content (AvgIpc) is 2.80. The number of nitrogens with zero attached hydrogens (tertiary/aromatic N) is 5. The van der Waals surface area contributed by atoms with E-state index >= 15 is 0 Å². The van der Waals surface area contributed by atoms with E-state index in [1.165, 1.54) is 18.0 Å². The van der Waals surface area contributed by atoms with Gasteiger partial charge in [-0.15, -0.1) is 0 Å². The summed E-state index contributed by atoms with van der Waals surface area (Å²) in [4.78, 5) is 19.4. The summed E-state index contributed by atoms with van der Waals surface area (Å²) >= 11 is 1.19. The normalized spacial score (nSPS) is 15.6. The second kappa shape index (κ2) is 9.52. The summed E-state index contributed by atoms with van der Waals surface area (Å²) in [6.07, 6.45) is 6.32. The Balaban J connectivity index is 1.58. The number of fused-ring (bicyclic) bond motifs is 1. The van der Waals surface area contributed by atoms with Crippen molar-refractivity contribution in [1.29, 1.82) is 0 Å². The lowest BCUT2D eigenvalue weighted by atomic mass is 9.98. The molecule has 1 atom stereocenters. The molecular weight excluding hydrogens is 422 g/mol. The van der Waals surface area contributed by atoms with Crippen molar-refractivity contribution in [2.75, 3.05) is 23.8 Å². The minimum atomic E-state index is -0.981. The third kappa shape index (κ3) is 4.59. The summed E-state index contributed by atoms with van der Waals surface area (Å²) in [5, 5.41) is 5.38. The maximum absolute atomic E-state index is 14.3. The predicted octanol–water partition coefficient (Wildman–Crippen LogP) is 3.71. The standard InChI is InChI=1S/C21H22F2N6OS/c1-13-15-12-27-21(20-25-5-2-6-26-20)28-17(15)4-7-29(13)14-10-16(22)19(23)18(11-14)30-8-3-9-31-24/h2,5-6,10-13H,3-4,7-9,24H2,1H3. The van der Waals surface area contributed by atoms with E-state index in [-0.39, 0.29) is 18.4 Å². The van der Waals surface area contributed by atoms with Gasteiger partial charge in [0.2, 0.25) is 5.82 Å². The third-order valence-corrected chi connectivity index (χ3v) is 5.67. The van der Waals surface area contributed by atoms with Crippen LogP contribution in [0, 0.1) is 11.6 Å². The van der Waals surface area contributed by atoms with Crippen LogP contribution in [0.25, 0.3) is 11.6 Å². The first-order chi connectivity index (χ1) is 15.1. The topological polar surface area (TPSA) is 90.0 Å². The first-order valence-corrected chi connectivity index (χ1v) is 11.0. The Morgan fingerprint density at radius 2 is 2.00 bits per heavy atom. The molecule has 7 nitrogen and oxygen atoms in total. The van der Waals surface area contributed by atoms with Crippen molar-refractivity contribution in [3.63, 3.8) is 0 Å². The van der Waals surface area contributed by atoms with Gasteiger partial charge in [-0.1, -0.05) is 11.9 Å². The van der Waals surface area contributed by atoms with Gasteiger partial charge in [0.25, 0.3) is 0 Å². The Labute approximate surface area is 183 Å². The highest BCUT2D eigenvalue weighted by Crippen LogP contribution is 2.36. The molecule has 1 aliphatic heterocycles. The number of hydrogen-bond donors (Lipinski definition) is 1. The summed E-state index contributed by atoms with van der Waals surface area (Å²) in [5.74, 6) is -0.394. The number of aromatic nitrogens is 4. The first-order valence-electron chi connectivity index (χ1n) is 9.92. The van der Waals surface area contributed by atoms with Gasteiger partial charge >= 0.3 is 0 Å². The SMILES string of the molecule is CC1c2cnc(-c3ncccn3)nc2CCN1c1cc(F)c(F)c(OCCCSN)c1. The van der Waals surface area contributed by atoms with E-state index in [1.54, 1.807) is 30.7 Å². The van der Waals surface area contributed by atoms with Crippen molar-refractivity contribution in [2.24, 2.45) is 5.14 Å². The molecule has 1 aliphatic rings. The molecule has 0 aliphatic carbocycles. The lowest BCUT2D eigenvalue weighted by Gasteiger charge is -2.36. The second-order valence-electron chi connectivity index (χ2n) is 7.10. The van der Waals surface area contributed by atoms with Crippen LogP contribution < -0.4 is 14.8 Å². The minimum absolute atomic E-state index is 0.0946. The molecule has 0 spiro atoms. The van der Waals surface area contributed by atoms with Crippen LogP contribution in [0.5, 0.6) is 5.75 Å². The van der Waals surface area contributed by atoms with Gasteiger partial charge in [0.15, 0.2) is 23.2 Å². The monoisotopic (exact) mass is 444 g/mol. The van der Waals surface area contributed by atoms with E-state index in [0.29, 0.717) is 42.5 Å². The van der Waals surface area contributed by atoms with Crippen LogP contribution in [-0.2, 0) is 6.42 Å². The van der Waals surface area contributed by atoms with Crippen LogP contribution in [0.15, 0.2) is 36.8 Å². The molecule has 162 valence electrons. The predicted molar refractivity (Wildman–Crippen MR) is 116 cm³/mol. The van der Waals surface area contributed by atoms with E-state index in [2.05, 4.69) is 19.9 Å². The van der Waals surface area contributed by atoms with Gasteiger partial charge in [0, 0.05) is 60.7 Å². The van der Waals surface area contributed by atoms with E-state index in [4.69, 9.17) is 9.88 Å². The van der Waals surface area contributed by atoms with Crippen molar-refractivity contribution in [1.82, 2.24) is 19.9 Å². The maximum Gasteiger partial charge on any atom is 0.200 e. The van der Waals surface area contributed by atoms with Gasteiger partial charge in [0.1, 0.15) is 0 Å². The van der Waals surface area contributed by atoms with E-state index in [9.17, 15) is 8.78 Å². The number of rotatable bonds is 7. The van der Waals surface area contributed by atoms with Crippen molar-refractivity contribution in [3.05, 3.63) is 59.7 Å². The van der Waals surface area contributed by atoms with Gasteiger partial charge in [-0.05, 0) is 19.4 Å². The first kappa shape index (κ1) is 21.4. The lowest BCUT2D eigenvalue weighted by molar-refractivity contribution is 0.296. The molecule has 1 aromatic carbocycles. The highest BCUT2D eigenvalue weighted by atomic mass is 32.2. The summed E-state index contributed by atoms with van der Waals surface area (Å²) in [5.41, 5.74) is 2.38. The fraction of sp³-hybridized carbons (Fsp3) is 0.333. The van der Waals surface area contributed by atoms with Crippen molar-refractivity contribution in [3.8, 4) is 17.4 Å². The van der Waals surface area contributed by atoms with Crippen LogP contribution in [0.1, 0.15) is 30.6 Å². The summed E-state index contributed by atoms with van der Waals surface area (Å²) in [6, 6.07) is 4.36. The van der Waals surface area contributed by atoms with Crippen LogP contribution >= 0.6 is 11.9 Å². The van der Waals surface area contributed by atoms with Crippen LogP contribution in [0.2, 0.25) is 0 Å². The van der Waals surface area contributed by atoms with E-state index in [1.807, 2.05) is 11.8 Å². The molecule has 0 saturated heterocycles. The zero-order valence-corrected chi connectivity index (χ0v) is 17.8. The van der Waals surface area contributed by atoms with Crippen molar-refractivity contribution in [2.45, 2.75) is 25.8 Å². The number of anilines is 1. The summed E-state index contributed by atoms with van der Waals surface area (Å²) < 4.78 is 34.0. The molecule has 31 heavy (non-hydrogen) atoms. The highest BCUT2D eigenvalue weighted by Gasteiger charge is 2.28. The fourth-order valence-electron chi connectivity index (χ4n) is 3.58. The molecule has 0 radical (unpaired) electrons. The van der Waals surface area contributed by atoms with Gasteiger partial charge in [-0.3, -0.25) is 5.14 Å². The van der Waals surface area contributed by atoms with Gasteiger partial charge in [-0.25, -0.2) is 24.3 Å². The molecule has 2 aromatic heterocycles. The molecule has 0 amide bonds. The smallest absolute Gasteiger partial charge is 0.200 e. The number of benzene rings is 1. The molecule has 4 rings (SSSR count). The molecule has 2 N–H and O–H groups in total. The quantitative estimate of drug-likeness (QED) is 0.436. The molecule has 3 heterocycles. The Kier molecular flexibility index (Phi) is 6.57. The minimum Gasteiger partial charge on any atom is -0.490 e. The van der Waals surface area contributed by atoms with Crippen LogP contribution in [0.4, 0.5) is 14.5 Å². The largest absolute Gasteiger partial charge is 0.490 e. The van der Waals surface area contributed by atoms with Gasteiger partial charge in [-0.2, -0.15) is 4.39 Å². The molecule has 10 heteroatoms. The molecule has 0 fully saturated rings. The summed E-state index contributed by atoms with van der Waals surface area (Å²) in [6.45, 7) is 2.84. The average molecular weight is 445 g/mol. The zero-order valence-electron chi connectivity index (χ0n) is 17.0. The van der Waals surface area contributed by atoms with Gasteiger partial charge < -0.3 is 9.64 Å². The van der Waals surface area contributed by atoms with E-state index in [0.717, 1.165) is 11.3 Å². The number of halogens is 2. The summed E-state index contributed by atoms with van der Waals surface area (Å²) in [7, 11) is 0. The second-order valence-corrected chi connectivity index (χ2v) is 7.84. The van der Waals surface area contributed by atoms with Crippen molar-refractivity contribution < 1.29 is 13.5 Å². The Bertz CT molecular complexity index is 1060. The molecule has 1 unspecified atom stereocenters. The lowest BCUT2D eigenvalue weighted by Crippen LogP contribution is -2.35. The van der Waals surface area contributed by atoms with Gasteiger partial charge in [0.05, 0.1) is 18.3 Å². The Hall–Kier alpha value is -2.85. The number of hydrogen-bond acceptors (Lipinski definition) is 8. The van der Waals surface area contributed by atoms with Crippen LogP contribution in [-0.4, -0.2) is 38.8 Å². The molecular formula is C21H22F2N6OS. The van der Waals surface area contributed by atoms with Crippen molar-refractivity contribution >= 4 is 17.6 Å². The fourth-order valence-corrected chi connectivity index (χ4v) is 3.87. The zero-order chi connectivity index (χ0) is 21.8. The Morgan fingerprint density at radius 1 is 1.19 bits per heavy atom. The third-order valence-electron chi connectivity index (χ3n) is 5.15. The molecule has 0 saturated carbocycles. The highest BCUT2D eigenvalue weighted by molar-refractivity contribution is 7.97. The maximum atomic E-state index is 14.3. The Morgan fingerprint density at radius 3 is 2.77 bits per heavy atom.